The molecule has 1 fully saturated rings. The van der Waals surface area contributed by atoms with Crippen LogP contribution in [0.5, 0.6) is 0 Å². The van der Waals surface area contributed by atoms with Crippen molar-refractivity contribution in [2.24, 2.45) is 5.92 Å². The van der Waals surface area contributed by atoms with E-state index in [4.69, 9.17) is 10.00 Å². The average Bonchev–Trinajstić information content (AvgIpc) is 2.32. The Bertz CT molecular complexity index is 265. The minimum Gasteiger partial charge on any atom is -0.378 e. The number of nitrogens with zero attached hydrogens (tertiary/aromatic N) is 2. The summed E-state index contributed by atoms with van der Waals surface area (Å²) >= 11 is 0. The number of likely N-dealkylation sites (tertiary alicyclic amines) is 1. The van der Waals surface area contributed by atoms with E-state index in [-0.39, 0.29) is 12.0 Å². The van der Waals surface area contributed by atoms with Gasteiger partial charge in [-0.1, -0.05) is 6.92 Å². The van der Waals surface area contributed by atoms with Crippen LogP contribution in [-0.2, 0) is 9.53 Å². The molecule has 1 atom stereocenters. The van der Waals surface area contributed by atoms with Crippen molar-refractivity contribution in [2.45, 2.75) is 39.2 Å². The van der Waals surface area contributed by atoms with Crippen molar-refractivity contribution < 1.29 is 9.53 Å². The van der Waals surface area contributed by atoms with E-state index in [1.807, 2.05) is 13.8 Å². The molecule has 0 aromatic carbocycles. The molecule has 0 aromatic rings. The van der Waals surface area contributed by atoms with Crippen LogP contribution in [0.15, 0.2) is 0 Å². The van der Waals surface area contributed by atoms with E-state index < -0.39 is 5.92 Å². The van der Waals surface area contributed by atoms with Crippen molar-refractivity contribution in [1.29, 1.82) is 5.26 Å². The van der Waals surface area contributed by atoms with Gasteiger partial charge in [0, 0.05) is 19.7 Å². The summed E-state index contributed by atoms with van der Waals surface area (Å²) in [5, 5.41) is 8.84. The van der Waals surface area contributed by atoms with Crippen molar-refractivity contribution in [2.75, 3.05) is 19.7 Å². The van der Waals surface area contributed by atoms with Crippen molar-refractivity contribution in [3.8, 4) is 6.07 Å². The fraction of sp³-hybridized carbons (Fsp3) is 0.833. The van der Waals surface area contributed by atoms with Crippen LogP contribution in [0.4, 0.5) is 0 Å². The molecule has 4 heteroatoms. The van der Waals surface area contributed by atoms with Crippen molar-refractivity contribution in [3.63, 3.8) is 0 Å². The summed E-state index contributed by atoms with van der Waals surface area (Å²) < 4.78 is 5.52. The van der Waals surface area contributed by atoms with Crippen LogP contribution >= 0.6 is 0 Å². The van der Waals surface area contributed by atoms with Gasteiger partial charge in [-0.3, -0.25) is 4.79 Å². The minimum atomic E-state index is -0.469. The number of rotatable bonds is 4. The smallest absolute Gasteiger partial charge is 0.239 e. The Labute approximate surface area is 97.2 Å². The van der Waals surface area contributed by atoms with E-state index in [9.17, 15) is 4.79 Å². The standard InChI is InChI=1S/C12H20N2O2/c1-3-10(9-13)12(15)14-7-5-11(6-8-14)16-4-2/h10-11H,3-8H2,1-2H3. The van der Waals surface area contributed by atoms with Crippen molar-refractivity contribution >= 4 is 5.91 Å². The number of carbonyl (C=O) groups excluding carboxylic acids is 1. The lowest BCUT2D eigenvalue weighted by Gasteiger charge is -2.32. The highest BCUT2D eigenvalue weighted by molar-refractivity contribution is 5.81. The molecular weight excluding hydrogens is 204 g/mol. The second kappa shape index (κ2) is 6.49. The Hall–Kier alpha value is -1.08. The summed E-state index contributed by atoms with van der Waals surface area (Å²) in [5.74, 6) is -0.483. The lowest BCUT2D eigenvalue weighted by Crippen LogP contribution is -2.43. The molecule has 0 aliphatic carbocycles. The topological polar surface area (TPSA) is 53.3 Å². The fourth-order valence-corrected chi connectivity index (χ4v) is 2.02. The zero-order valence-corrected chi connectivity index (χ0v) is 10.1. The molecule has 0 spiro atoms. The number of ether oxygens (including phenoxy) is 1. The summed E-state index contributed by atoms with van der Waals surface area (Å²) in [6.45, 7) is 6.04. The van der Waals surface area contributed by atoms with Crippen LogP contribution in [-0.4, -0.2) is 36.6 Å². The monoisotopic (exact) mass is 224 g/mol. The van der Waals surface area contributed by atoms with Crippen LogP contribution in [0, 0.1) is 17.2 Å². The van der Waals surface area contributed by atoms with Gasteiger partial charge in [0.2, 0.25) is 5.91 Å². The second-order valence-electron chi connectivity index (χ2n) is 4.07. The Morgan fingerprint density at radius 2 is 2.12 bits per heavy atom. The highest BCUT2D eigenvalue weighted by Gasteiger charge is 2.27. The highest BCUT2D eigenvalue weighted by atomic mass is 16.5. The number of amides is 1. The van der Waals surface area contributed by atoms with Gasteiger partial charge in [0.05, 0.1) is 12.2 Å². The lowest BCUT2D eigenvalue weighted by molar-refractivity contribution is -0.136. The Morgan fingerprint density at radius 3 is 2.56 bits per heavy atom. The van der Waals surface area contributed by atoms with Crippen LogP contribution in [0.25, 0.3) is 0 Å². The molecule has 0 radical (unpaired) electrons. The molecule has 1 unspecified atom stereocenters. The zero-order valence-electron chi connectivity index (χ0n) is 10.1. The molecule has 16 heavy (non-hydrogen) atoms. The van der Waals surface area contributed by atoms with Crippen molar-refractivity contribution in [1.82, 2.24) is 4.90 Å². The van der Waals surface area contributed by atoms with Gasteiger partial charge in [-0.25, -0.2) is 0 Å². The van der Waals surface area contributed by atoms with E-state index >= 15 is 0 Å². The summed E-state index contributed by atoms with van der Waals surface area (Å²) in [6.07, 6.45) is 2.67. The molecule has 1 aliphatic rings. The third-order valence-electron chi connectivity index (χ3n) is 3.02. The molecule has 0 saturated carbocycles. The van der Waals surface area contributed by atoms with Gasteiger partial charge in [-0.15, -0.1) is 0 Å². The van der Waals surface area contributed by atoms with Crippen LogP contribution in [0.2, 0.25) is 0 Å². The van der Waals surface area contributed by atoms with E-state index in [2.05, 4.69) is 6.07 Å². The Morgan fingerprint density at radius 1 is 1.50 bits per heavy atom. The molecule has 1 rings (SSSR count). The van der Waals surface area contributed by atoms with Gasteiger partial charge in [-0.2, -0.15) is 5.26 Å². The minimum absolute atomic E-state index is 0.0139. The summed E-state index contributed by atoms with van der Waals surface area (Å²) in [5.41, 5.74) is 0. The number of piperidine rings is 1. The molecule has 0 aromatic heterocycles. The lowest BCUT2D eigenvalue weighted by atomic mass is 10.0. The summed E-state index contributed by atoms with van der Waals surface area (Å²) in [7, 11) is 0. The second-order valence-corrected chi connectivity index (χ2v) is 4.07. The first-order valence-corrected chi connectivity index (χ1v) is 6.02. The fourth-order valence-electron chi connectivity index (χ4n) is 2.02. The summed E-state index contributed by atoms with van der Waals surface area (Å²) in [6, 6.07) is 2.06. The maximum absolute atomic E-state index is 11.9. The third kappa shape index (κ3) is 3.21. The molecular formula is C12H20N2O2. The molecule has 1 aliphatic heterocycles. The number of carbonyl (C=O) groups is 1. The van der Waals surface area contributed by atoms with Gasteiger partial charge < -0.3 is 9.64 Å². The molecule has 1 amide bonds. The normalized spacial score (nSPS) is 19.2. The molecule has 4 nitrogen and oxygen atoms in total. The predicted octanol–water partition coefficient (Wildman–Crippen LogP) is 1.56. The maximum Gasteiger partial charge on any atom is 0.239 e. The largest absolute Gasteiger partial charge is 0.378 e. The van der Waals surface area contributed by atoms with E-state index in [0.29, 0.717) is 6.42 Å². The molecule has 0 N–H and O–H groups in total. The number of hydrogen-bond acceptors (Lipinski definition) is 3. The number of nitriles is 1. The van der Waals surface area contributed by atoms with Crippen LogP contribution in [0.1, 0.15) is 33.1 Å². The molecule has 1 saturated heterocycles. The van der Waals surface area contributed by atoms with E-state index in [0.717, 1.165) is 32.5 Å². The van der Waals surface area contributed by atoms with E-state index in [1.54, 1.807) is 4.90 Å². The first-order valence-electron chi connectivity index (χ1n) is 6.02. The molecule has 1 heterocycles. The zero-order chi connectivity index (χ0) is 12.0. The average molecular weight is 224 g/mol. The molecule has 90 valence electrons. The predicted molar refractivity (Wildman–Crippen MR) is 60.6 cm³/mol. The molecule has 0 bridgehead atoms. The van der Waals surface area contributed by atoms with Gasteiger partial charge >= 0.3 is 0 Å². The van der Waals surface area contributed by atoms with Gasteiger partial charge in [0.25, 0.3) is 0 Å². The first kappa shape index (κ1) is 13.0. The third-order valence-corrected chi connectivity index (χ3v) is 3.02. The Kier molecular flexibility index (Phi) is 5.27. The van der Waals surface area contributed by atoms with Crippen LogP contribution < -0.4 is 0 Å². The first-order chi connectivity index (χ1) is 7.72. The SMILES string of the molecule is CCOC1CCN(C(=O)C(C#N)CC)CC1. The Balaban J connectivity index is 2.41. The van der Waals surface area contributed by atoms with Gasteiger partial charge in [0.1, 0.15) is 5.92 Å². The number of hydrogen-bond donors (Lipinski definition) is 0. The quantitative estimate of drug-likeness (QED) is 0.728. The highest BCUT2D eigenvalue weighted by Crippen LogP contribution is 2.16. The van der Waals surface area contributed by atoms with Gasteiger partial charge in [0.15, 0.2) is 0 Å². The van der Waals surface area contributed by atoms with E-state index in [1.165, 1.54) is 0 Å². The van der Waals surface area contributed by atoms with Crippen molar-refractivity contribution in [3.05, 3.63) is 0 Å². The van der Waals surface area contributed by atoms with Gasteiger partial charge in [-0.05, 0) is 26.2 Å². The van der Waals surface area contributed by atoms with Crippen LogP contribution in [0.3, 0.4) is 0 Å². The maximum atomic E-state index is 11.9. The summed E-state index contributed by atoms with van der Waals surface area (Å²) in [4.78, 5) is 13.7.